The van der Waals surface area contributed by atoms with Gasteiger partial charge in [0.2, 0.25) is 0 Å². The highest BCUT2D eigenvalue weighted by atomic mass is 35.5. The van der Waals surface area contributed by atoms with E-state index in [0.717, 1.165) is 0 Å². The normalized spacial score (nSPS) is 12.6. The van der Waals surface area contributed by atoms with Crippen LogP contribution in [0, 0.1) is 0 Å². The van der Waals surface area contributed by atoms with Crippen LogP contribution in [-0.2, 0) is 14.3 Å². The van der Waals surface area contributed by atoms with Crippen molar-refractivity contribution in [2.24, 2.45) is 0 Å². The molecule has 0 saturated carbocycles. The number of alkyl halides is 3. The lowest BCUT2D eigenvalue weighted by atomic mass is 10.3. The highest BCUT2D eigenvalue weighted by molar-refractivity contribution is 5.85. The van der Waals surface area contributed by atoms with E-state index >= 15 is 0 Å². The van der Waals surface area contributed by atoms with E-state index in [1.807, 2.05) is 0 Å². The number of carbonyl (C=O) groups excluding carboxylic acids is 1. The van der Waals surface area contributed by atoms with Crippen molar-refractivity contribution in [3.8, 4) is 0 Å². The standard InChI is InChI=1S/C5H5F3O4.ClH/c1-2(9)12-3(4(10)11)5(6,7)8;/h3H,1H3,(H,10,11);1H. The summed E-state index contributed by atoms with van der Waals surface area (Å²) in [4.78, 5) is 19.9. The summed E-state index contributed by atoms with van der Waals surface area (Å²) in [6.07, 6.45) is -8.15. The maximum atomic E-state index is 11.7. The predicted molar refractivity (Wildman–Crippen MR) is 36.5 cm³/mol. The molecule has 1 atom stereocenters. The quantitative estimate of drug-likeness (QED) is 0.708. The average molecular weight is 223 g/mol. The molecule has 0 fully saturated rings. The molecular weight excluding hydrogens is 216 g/mol. The summed E-state index contributed by atoms with van der Waals surface area (Å²) < 4.78 is 38.5. The lowest BCUT2D eigenvalue weighted by Crippen LogP contribution is -2.40. The Morgan fingerprint density at radius 1 is 1.38 bits per heavy atom. The van der Waals surface area contributed by atoms with E-state index in [2.05, 4.69) is 4.74 Å². The first-order valence-electron chi connectivity index (χ1n) is 2.72. The Hall–Kier alpha value is -0.980. The van der Waals surface area contributed by atoms with Gasteiger partial charge in [0, 0.05) is 6.92 Å². The van der Waals surface area contributed by atoms with E-state index in [1.54, 1.807) is 0 Å². The number of carboxylic acids is 1. The van der Waals surface area contributed by atoms with Crippen molar-refractivity contribution in [2.75, 3.05) is 0 Å². The third-order valence-electron chi connectivity index (χ3n) is 0.805. The molecule has 8 heteroatoms. The smallest absolute Gasteiger partial charge is 0.436 e. The number of esters is 1. The van der Waals surface area contributed by atoms with Gasteiger partial charge in [0.15, 0.2) is 0 Å². The fourth-order valence-electron chi connectivity index (χ4n) is 0.423. The van der Waals surface area contributed by atoms with E-state index in [9.17, 15) is 22.8 Å². The molecule has 0 bridgehead atoms. The molecule has 0 aromatic carbocycles. The van der Waals surface area contributed by atoms with Crippen LogP contribution in [0.1, 0.15) is 6.92 Å². The fourth-order valence-corrected chi connectivity index (χ4v) is 0.423. The Balaban J connectivity index is 0. The zero-order chi connectivity index (χ0) is 9.94. The minimum Gasteiger partial charge on any atom is -0.478 e. The predicted octanol–water partition coefficient (Wildman–Crippen LogP) is 0.987. The van der Waals surface area contributed by atoms with Gasteiger partial charge in [-0.05, 0) is 0 Å². The van der Waals surface area contributed by atoms with Gasteiger partial charge < -0.3 is 9.84 Å². The lowest BCUT2D eigenvalue weighted by Gasteiger charge is -2.14. The Morgan fingerprint density at radius 3 is 1.85 bits per heavy atom. The second-order valence-corrected chi connectivity index (χ2v) is 1.87. The average Bonchev–Trinajstić information content (AvgIpc) is 1.79. The molecule has 0 radical (unpaired) electrons. The summed E-state index contributed by atoms with van der Waals surface area (Å²) >= 11 is 0. The number of halogens is 4. The van der Waals surface area contributed by atoms with Gasteiger partial charge in [0.05, 0.1) is 0 Å². The summed E-state index contributed by atoms with van der Waals surface area (Å²) in [5, 5.41) is 7.96. The first-order chi connectivity index (χ1) is 5.25. The first-order valence-corrected chi connectivity index (χ1v) is 2.72. The minimum atomic E-state index is -5.07. The van der Waals surface area contributed by atoms with Crippen molar-refractivity contribution < 1.29 is 32.6 Å². The second kappa shape index (κ2) is 4.90. The van der Waals surface area contributed by atoms with Gasteiger partial charge in [-0.3, -0.25) is 4.79 Å². The van der Waals surface area contributed by atoms with Gasteiger partial charge in [0.1, 0.15) is 0 Å². The van der Waals surface area contributed by atoms with Crippen LogP contribution in [0.25, 0.3) is 0 Å². The zero-order valence-electron chi connectivity index (χ0n) is 6.29. The van der Waals surface area contributed by atoms with Crippen LogP contribution < -0.4 is 0 Å². The molecule has 1 N–H and O–H groups in total. The van der Waals surface area contributed by atoms with Crippen molar-refractivity contribution in [1.29, 1.82) is 0 Å². The van der Waals surface area contributed by atoms with Crippen LogP contribution in [0.2, 0.25) is 0 Å². The van der Waals surface area contributed by atoms with Crippen molar-refractivity contribution in [3.05, 3.63) is 0 Å². The Kier molecular flexibility index (Phi) is 5.48. The number of aliphatic carboxylic acids is 1. The number of ether oxygens (including phenoxy) is 1. The van der Waals surface area contributed by atoms with E-state index < -0.39 is 24.2 Å². The summed E-state index contributed by atoms with van der Waals surface area (Å²) in [5.74, 6) is -3.53. The van der Waals surface area contributed by atoms with Crippen LogP contribution in [0.3, 0.4) is 0 Å². The van der Waals surface area contributed by atoms with Gasteiger partial charge in [-0.1, -0.05) is 0 Å². The van der Waals surface area contributed by atoms with Crippen LogP contribution in [-0.4, -0.2) is 29.3 Å². The van der Waals surface area contributed by atoms with Crippen LogP contribution in [0.5, 0.6) is 0 Å². The van der Waals surface area contributed by atoms with Crippen molar-refractivity contribution in [1.82, 2.24) is 0 Å². The molecule has 0 spiro atoms. The molecule has 13 heavy (non-hydrogen) atoms. The fraction of sp³-hybridized carbons (Fsp3) is 0.600. The molecular formula is C5H6ClF3O4. The molecule has 0 rings (SSSR count). The number of carbonyl (C=O) groups is 2. The summed E-state index contributed by atoms with van der Waals surface area (Å²) in [5.41, 5.74) is 0. The maximum Gasteiger partial charge on any atom is 0.436 e. The molecule has 0 saturated heterocycles. The monoisotopic (exact) mass is 222 g/mol. The molecule has 78 valence electrons. The summed E-state index contributed by atoms with van der Waals surface area (Å²) in [7, 11) is 0. The maximum absolute atomic E-state index is 11.7. The summed E-state index contributed by atoms with van der Waals surface area (Å²) in [6, 6.07) is 0. The number of hydrogen-bond donors (Lipinski definition) is 1. The minimum absolute atomic E-state index is 0. The molecule has 1 unspecified atom stereocenters. The van der Waals surface area contributed by atoms with E-state index in [1.165, 1.54) is 0 Å². The van der Waals surface area contributed by atoms with E-state index in [4.69, 9.17) is 5.11 Å². The molecule has 0 aromatic heterocycles. The van der Waals surface area contributed by atoms with Crippen LogP contribution in [0.15, 0.2) is 0 Å². The van der Waals surface area contributed by atoms with Gasteiger partial charge in [-0.2, -0.15) is 13.2 Å². The topological polar surface area (TPSA) is 63.6 Å². The third-order valence-corrected chi connectivity index (χ3v) is 0.805. The first kappa shape index (κ1) is 14.5. The number of rotatable bonds is 2. The Morgan fingerprint density at radius 2 is 1.77 bits per heavy atom. The molecule has 0 aliphatic carbocycles. The Bertz CT molecular complexity index is 202. The zero-order valence-corrected chi connectivity index (χ0v) is 7.11. The van der Waals surface area contributed by atoms with Gasteiger partial charge >= 0.3 is 18.1 Å². The molecule has 0 aromatic rings. The SMILES string of the molecule is CC(=O)OC(C(=O)O)C(F)(F)F.Cl. The van der Waals surface area contributed by atoms with Crippen LogP contribution >= 0.6 is 12.4 Å². The van der Waals surface area contributed by atoms with Gasteiger partial charge in [-0.15, -0.1) is 12.4 Å². The van der Waals surface area contributed by atoms with E-state index in [-0.39, 0.29) is 12.4 Å². The molecule has 0 aliphatic heterocycles. The molecule has 0 heterocycles. The number of carboxylic acid groups (broad SMARTS) is 1. The molecule has 4 nitrogen and oxygen atoms in total. The molecule has 0 amide bonds. The van der Waals surface area contributed by atoms with Gasteiger partial charge in [0.25, 0.3) is 6.10 Å². The highest BCUT2D eigenvalue weighted by Gasteiger charge is 2.48. The summed E-state index contributed by atoms with van der Waals surface area (Å²) in [6.45, 7) is 0.696. The lowest BCUT2D eigenvalue weighted by molar-refractivity contribution is -0.226. The largest absolute Gasteiger partial charge is 0.478 e. The number of hydrogen-bond acceptors (Lipinski definition) is 3. The third kappa shape index (κ3) is 5.29. The van der Waals surface area contributed by atoms with Crippen molar-refractivity contribution in [2.45, 2.75) is 19.2 Å². The van der Waals surface area contributed by atoms with Crippen LogP contribution in [0.4, 0.5) is 13.2 Å². The van der Waals surface area contributed by atoms with E-state index in [0.29, 0.717) is 6.92 Å². The second-order valence-electron chi connectivity index (χ2n) is 1.87. The van der Waals surface area contributed by atoms with Crippen molar-refractivity contribution in [3.63, 3.8) is 0 Å². The molecule has 0 aliphatic rings. The highest BCUT2D eigenvalue weighted by Crippen LogP contribution is 2.23. The van der Waals surface area contributed by atoms with Crippen molar-refractivity contribution >= 4 is 24.3 Å². The Labute approximate surface area is 77.1 Å². The van der Waals surface area contributed by atoms with Gasteiger partial charge in [-0.25, -0.2) is 4.79 Å².